The lowest BCUT2D eigenvalue weighted by molar-refractivity contribution is -0.143. The summed E-state index contributed by atoms with van der Waals surface area (Å²) < 4.78 is 0. The molecule has 4 unspecified atom stereocenters. The van der Waals surface area contributed by atoms with Gasteiger partial charge in [0, 0.05) is 12.8 Å². The summed E-state index contributed by atoms with van der Waals surface area (Å²) in [5.41, 5.74) is 5.90. The molecule has 33 heavy (non-hydrogen) atoms. The molecule has 13 heteroatoms. The van der Waals surface area contributed by atoms with E-state index in [2.05, 4.69) is 16.0 Å². The number of carboxylic acids is 2. The molecule has 182 valence electrons. The molecule has 0 saturated heterocycles. The van der Waals surface area contributed by atoms with E-state index in [1.807, 2.05) is 0 Å². The highest BCUT2D eigenvalue weighted by molar-refractivity contribution is 5.94. The van der Waals surface area contributed by atoms with Crippen molar-refractivity contribution in [1.82, 2.24) is 16.0 Å². The maximum Gasteiger partial charge on any atom is 0.326 e. The Balaban J connectivity index is 2.99. The Labute approximate surface area is 189 Å². The second-order valence-corrected chi connectivity index (χ2v) is 7.28. The van der Waals surface area contributed by atoms with Crippen LogP contribution in [0, 0.1) is 0 Å². The minimum atomic E-state index is -1.51. The number of aliphatic hydroxyl groups excluding tert-OH is 1. The van der Waals surface area contributed by atoms with Crippen LogP contribution in [0.2, 0.25) is 0 Å². The number of nitrogens with one attached hydrogen (secondary N) is 3. The Morgan fingerprint density at radius 2 is 1.48 bits per heavy atom. The zero-order valence-electron chi connectivity index (χ0n) is 17.9. The topological polar surface area (TPSA) is 228 Å². The highest BCUT2D eigenvalue weighted by atomic mass is 16.4. The second-order valence-electron chi connectivity index (χ2n) is 7.28. The summed E-state index contributed by atoms with van der Waals surface area (Å²) in [5.74, 6) is -5.18. The normalized spacial score (nSPS) is 14.3. The van der Waals surface area contributed by atoms with Crippen LogP contribution in [0.15, 0.2) is 24.3 Å². The van der Waals surface area contributed by atoms with E-state index in [1.54, 1.807) is 0 Å². The monoisotopic (exact) mass is 468 g/mol. The number of carbonyl (C=O) groups excluding carboxylic acids is 3. The Hall–Kier alpha value is -3.71. The van der Waals surface area contributed by atoms with Crippen LogP contribution in [0.5, 0.6) is 5.75 Å². The van der Waals surface area contributed by atoms with Gasteiger partial charge in [0.05, 0.1) is 6.61 Å². The first-order valence-corrected chi connectivity index (χ1v) is 9.94. The molecule has 0 aliphatic carbocycles. The summed E-state index contributed by atoms with van der Waals surface area (Å²) in [4.78, 5) is 59.3. The summed E-state index contributed by atoms with van der Waals surface area (Å²) >= 11 is 0. The zero-order chi connectivity index (χ0) is 25.1. The number of aliphatic hydroxyl groups is 1. The second kappa shape index (κ2) is 13.0. The molecule has 1 aromatic carbocycles. The van der Waals surface area contributed by atoms with Gasteiger partial charge in [0.1, 0.15) is 29.9 Å². The molecule has 0 saturated carbocycles. The van der Waals surface area contributed by atoms with Gasteiger partial charge >= 0.3 is 11.9 Å². The fraction of sp³-hybridized carbons (Fsp3) is 0.450. The number of carboxylic acid groups (broad SMARTS) is 2. The van der Waals surface area contributed by atoms with Gasteiger partial charge in [-0.15, -0.1) is 0 Å². The number of aromatic hydroxyl groups is 1. The minimum absolute atomic E-state index is 0.0278. The molecule has 0 heterocycles. The van der Waals surface area contributed by atoms with Crippen molar-refractivity contribution in [2.24, 2.45) is 5.73 Å². The van der Waals surface area contributed by atoms with Crippen molar-refractivity contribution in [2.75, 3.05) is 6.61 Å². The molecule has 0 radical (unpaired) electrons. The summed E-state index contributed by atoms with van der Waals surface area (Å²) in [5, 5.41) is 43.3. The van der Waals surface area contributed by atoms with Crippen LogP contribution in [0.3, 0.4) is 0 Å². The number of rotatable bonds is 13. The molecular weight excluding hydrogens is 440 g/mol. The number of phenolic OH excluding ortho intramolecular Hbond substituents is 1. The summed E-state index contributed by atoms with van der Waals surface area (Å²) in [6.07, 6.45) is -0.970. The number of phenols is 1. The van der Waals surface area contributed by atoms with Gasteiger partial charge in [-0.1, -0.05) is 12.1 Å². The number of hydrogen-bond acceptors (Lipinski definition) is 8. The van der Waals surface area contributed by atoms with E-state index in [0.29, 0.717) is 5.56 Å². The summed E-state index contributed by atoms with van der Waals surface area (Å²) in [6, 6.07) is 0.510. The molecule has 13 nitrogen and oxygen atoms in total. The van der Waals surface area contributed by atoms with Gasteiger partial charge in [-0.25, -0.2) is 4.79 Å². The maximum atomic E-state index is 12.8. The van der Waals surface area contributed by atoms with Crippen molar-refractivity contribution in [3.8, 4) is 5.75 Å². The number of carbonyl (C=O) groups is 5. The van der Waals surface area contributed by atoms with Gasteiger partial charge in [-0.05, 0) is 31.0 Å². The van der Waals surface area contributed by atoms with Crippen LogP contribution < -0.4 is 21.7 Å². The minimum Gasteiger partial charge on any atom is -0.508 e. The predicted molar refractivity (Wildman–Crippen MR) is 113 cm³/mol. The first-order valence-electron chi connectivity index (χ1n) is 9.94. The van der Waals surface area contributed by atoms with E-state index in [9.17, 15) is 34.2 Å². The smallest absolute Gasteiger partial charge is 0.326 e. The van der Waals surface area contributed by atoms with Gasteiger partial charge in [-0.2, -0.15) is 0 Å². The van der Waals surface area contributed by atoms with E-state index in [-0.39, 0.29) is 18.6 Å². The van der Waals surface area contributed by atoms with Crippen LogP contribution >= 0.6 is 0 Å². The highest BCUT2D eigenvalue weighted by Gasteiger charge is 2.29. The third-order valence-electron chi connectivity index (χ3n) is 4.56. The molecule has 1 rings (SSSR count). The van der Waals surface area contributed by atoms with E-state index in [1.165, 1.54) is 31.2 Å². The molecule has 0 spiro atoms. The third kappa shape index (κ3) is 9.53. The fourth-order valence-corrected chi connectivity index (χ4v) is 2.64. The van der Waals surface area contributed by atoms with E-state index < -0.39 is 66.9 Å². The van der Waals surface area contributed by atoms with Gasteiger partial charge in [0.2, 0.25) is 17.7 Å². The zero-order valence-corrected chi connectivity index (χ0v) is 17.9. The first kappa shape index (κ1) is 27.3. The van der Waals surface area contributed by atoms with Crippen LogP contribution in [0.4, 0.5) is 0 Å². The number of hydrogen-bond donors (Lipinski definition) is 8. The number of benzene rings is 1. The SMILES string of the molecule is CC(NC(=O)C(N)CO)C(=O)NC(Cc1ccc(O)cc1)C(=O)NC(CCC(=O)O)C(=O)O. The molecule has 3 amide bonds. The first-order chi connectivity index (χ1) is 15.4. The standard InChI is InChI=1S/C20H28N4O9/c1-10(22-18(30)13(21)9-25)17(29)24-15(8-11-2-4-12(26)5-3-11)19(31)23-14(20(32)33)6-7-16(27)28/h2-5,10,13-15,25-26H,6-9,21H2,1H3,(H,22,30)(H,23,31)(H,24,29)(H,27,28)(H,32,33). The van der Waals surface area contributed by atoms with Gasteiger partial charge in [0.15, 0.2) is 0 Å². The van der Waals surface area contributed by atoms with Crippen molar-refractivity contribution in [2.45, 2.75) is 50.4 Å². The number of nitrogens with two attached hydrogens (primary N) is 1. The van der Waals surface area contributed by atoms with Crippen molar-refractivity contribution in [1.29, 1.82) is 0 Å². The number of amides is 3. The van der Waals surface area contributed by atoms with Crippen LogP contribution in [-0.2, 0) is 30.4 Å². The Bertz CT molecular complexity index is 860. The van der Waals surface area contributed by atoms with Crippen molar-refractivity contribution in [3.05, 3.63) is 29.8 Å². The number of aliphatic carboxylic acids is 2. The van der Waals surface area contributed by atoms with Crippen LogP contribution in [0.25, 0.3) is 0 Å². The average molecular weight is 468 g/mol. The Morgan fingerprint density at radius 1 is 0.909 bits per heavy atom. The maximum absolute atomic E-state index is 12.8. The fourth-order valence-electron chi connectivity index (χ4n) is 2.64. The third-order valence-corrected chi connectivity index (χ3v) is 4.56. The molecule has 1 aromatic rings. The van der Waals surface area contributed by atoms with Crippen molar-refractivity contribution < 1.29 is 44.4 Å². The van der Waals surface area contributed by atoms with Crippen LogP contribution in [0.1, 0.15) is 25.3 Å². The lowest BCUT2D eigenvalue weighted by Gasteiger charge is -2.23. The molecule has 0 aliphatic rings. The quantitative estimate of drug-likeness (QED) is 0.154. The molecule has 0 aromatic heterocycles. The lowest BCUT2D eigenvalue weighted by Crippen LogP contribution is -2.57. The Kier molecular flexibility index (Phi) is 10.7. The Morgan fingerprint density at radius 3 is 2.00 bits per heavy atom. The van der Waals surface area contributed by atoms with Crippen molar-refractivity contribution >= 4 is 29.7 Å². The van der Waals surface area contributed by atoms with Gasteiger partial charge < -0.3 is 42.1 Å². The molecule has 9 N–H and O–H groups in total. The lowest BCUT2D eigenvalue weighted by atomic mass is 10.0. The average Bonchev–Trinajstić information content (AvgIpc) is 2.76. The molecule has 0 fully saturated rings. The molecular formula is C20H28N4O9. The van der Waals surface area contributed by atoms with Crippen molar-refractivity contribution in [3.63, 3.8) is 0 Å². The predicted octanol–water partition coefficient (Wildman–Crippen LogP) is -2.32. The van der Waals surface area contributed by atoms with E-state index in [4.69, 9.17) is 15.9 Å². The summed E-state index contributed by atoms with van der Waals surface area (Å²) in [6.45, 7) is 0.679. The highest BCUT2D eigenvalue weighted by Crippen LogP contribution is 2.12. The summed E-state index contributed by atoms with van der Waals surface area (Å²) in [7, 11) is 0. The van der Waals surface area contributed by atoms with Gasteiger partial charge in [-0.3, -0.25) is 19.2 Å². The van der Waals surface area contributed by atoms with E-state index in [0.717, 1.165) is 0 Å². The van der Waals surface area contributed by atoms with Gasteiger partial charge in [0.25, 0.3) is 0 Å². The molecule has 0 aliphatic heterocycles. The van der Waals surface area contributed by atoms with Crippen LogP contribution in [-0.4, -0.2) is 80.9 Å². The van der Waals surface area contributed by atoms with E-state index >= 15 is 0 Å². The largest absolute Gasteiger partial charge is 0.508 e. The molecule has 4 atom stereocenters. The molecule has 0 bridgehead atoms.